The lowest BCUT2D eigenvalue weighted by molar-refractivity contribution is -0.115. The number of nitrogens with zero attached hydrogens (tertiary/aromatic N) is 4. The van der Waals surface area contributed by atoms with Gasteiger partial charge < -0.3 is 9.88 Å². The molecule has 0 saturated carbocycles. The number of carbonyl (C=O) groups excluding carboxylic acids is 2. The Morgan fingerprint density at radius 1 is 0.917 bits per heavy atom. The summed E-state index contributed by atoms with van der Waals surface area (Å²) >= 11 is 3.03. The van der Waals surface area contributed by atoms with E-state index in [0.29, 0.717) is 23.1 Å². The minimum atomic E-state index is -0.340. The molecule has 4 aromatic rings. The average molecular weight is 516 g/mol. The van der Waals surface area contributed by atoms with E-state index in [1.54, 1.807) is 28.8 Å². The zero-order valence-corrected chi connectivity index (χ0v) is 21.6. The van der Waals surface area contributed by atoms with Gasteiger partial charge in [0.25, 0.3) is 5.91 Å². The van der Waals surface area contributed by atoms with Crippen LogP contribution in [0.25, 0.3) is 0 Å². The molecule has 0 saturated heterocycles. The predicted octanol–water partition coefficient (Wildman–Crippen LogP) is 5.71. The van der Waals surface area contributed by atoms with Crippen molar-refractivity contribution in [1.29, 1.82) is 0 Å². The standard InChI is InChI=1S/C27H25N5O2S2/c1-3-31-25(18(2)28-26(34)19-11-5-4-6-12-19)29-30-27(31)35-17-24(33)32-20-13-7-9-15-22(20)36-23-16-10-8-14-21(23)32/h4-16,18H,3,17H2,1-2H3,(H,28,34)/t18-/m1/s1. The molecule has 0 fully saturated rings. The molecule has 3 aromatic carbocycles. The number of fused-ring (bicyclic) bond motifs is 2. The molecule has 1 aliphatic heterocycles. The second-order valence-corrected chi connectivity index (χ2v) is 10.2. The van der Waals surface area contributed by atoms with E-state index in [4.69, 9.17) is 0 Å². The van der Waals surface area contributed by atoms with E-state index in [2.05, 4.69) is 15.5 Å². The van der Waals surface area contributed by atoms with E-state index in [-0.39, 0.29) is 23.6 Å². The topological polar surface area (TPSA) is 80.1 Å². The van der Waals surface area contributed by atoms with Crippen molar-refractivity contribution in [1.82, 2.24) is 20.1 Å². The molecule has 1 N–H and O–H groups in total. The van der Waals surface area contributed by atoms with Gasteiger partial charge in [-0.05, 0) is 50.2 Å². The van der Waals surface area contributed by atoms with Crippen molar-refractivity contribution in [2.24, 2.45) is 0 Å². The van der Waals surface area contributed by atoms with Crippen LogP contribution in [-0.2, 0) is 11.3 Å². The summed E-state index contributed by atoms with van der Waals surface area (Å²) in [6.45, 7) is 4.51. The molecular weight excluding hydrogens is 490 g/mol. The van der Waals surface area contributed by atoms with E-state index < -0.39 is 0 Å². The van der Waals surface area contributed by atoms with Gasteiger partial charge in [-0.15, -0.1) is 10.2 Å². The molecule has 9 heteroatoms. The minimum Gasteiger partial charge on any atom is -0.342 e. The highest BCUT2D eigenvalue weighted by atomic mass is 32.2. The molecule has 0 bridgehead atoms. The summed E-state index contributed by atoms with van der Waals surface area (Å²) in [5, 5.41) is 12.3. The molecule has 1 aromatic heterocycles. The van der Waals surface area contributed by atoms with Crippen LogP contribution in [0.5, 0.6) is 0 Å². The number of thioether (sulfide) groups is 1. The molecule has 1 atom stereocenters. The highest BCUT2D eigenvalue weighted by Crippen LogP contribution is 2.48. The number of hydrogen-bond donors (Lipinski definition) is 1. The first-order valence-corrected chi connectivity index (χ1v) is 13.5. The van der Waals surface area contributed by atoms with Gasteiger partial charge in [-0.2, -0.15) is 0 Å². The number of para-hydroxylation sites is 2. The Bertz CT molecular complexity index is 1360. The van der Waals surface area contributed by atoms with Crippen molar-refractivity contribution < 1.29 is 9.59 Å². The zero-order chi connectivity index (χ0) is 25.1. The number of carbonyl (C=O) groups is 2. The molecule has 0 spiro atoms. The highest BCUT2D eigenvalue weighted by Gasteiger charge is 2.28. The molecule has 7 nitrogen and oxygen atoms in total. The molecule has 0 unspecified atom stereocenters. The van der Waals surface area contributed by atoms with Crippen LogP contribution < -0.4 is 10.2 Å². The number of amides is 2. The monoisotopic (exact) mass is 515 g/mol. The number of aromatic nitrogens is 3. The van der Waals surface area contributed by atoms with E-state index in [1.165, 1.54) is 11.8 Å². The van der Waals surface area contributed by atoms with Crippen molar-refractivity contribution >= 4 is 46.7 Å². The summed E-state index contributed by atoms with van der Waals surface area (Å²) in [7, 11) is 0. The number of hydrogen-bond acceptors (Lipinski definition) is 6. The van der Waals surface area contributed by atoms with E-state index in [1.807, 2.05) is 85.1 Å². The molecule has 36 heavy (non-hydrogen) atoms. The summed E-state index contributed by atoms with van der Waals surface area (Å²) in [5.74, 6) is 0.661. The van der Waals surface area contributed by atoms with Crippen LogP contribution in [0.1, 0.15) is 36.1 Å². The average Bonchev–Trinajstić information content (AvgIpc) is 3.34. The fraction of sp³-hybridized carbons (Fsp3) is 0.185. The van der Waals surface area contributed by atoms with Gasteiger partial charge >= 0.3 is 0 Å². The molecule has 2 amide bonds. The normalized spacial score (nSPS) is 13.0. The Morgan fingerprint density at radius 2 is 1.53 bits per heavy atom. The lowest BCUT2D eigenvalue weighted by atomic mass is 10.2. The second-order valence-electron chi connectivity index (χ2n) is 8.20. The van der Waals surface area contributed by atoms with Crippen molar-refractivity contribution in [2.45, 2.75) is 41.4 Å². The van der Waals surface area contributed by atoms with Crippen LogP contribution >= 0.6 is 23.5 Å². The van der Waals surface area contributed by atoms with Crippen LogP contribution in [-0.4, -0.2) is 32.3 Å². The summed E-state index contributed by atoms with van der Waals surface area (Å²) in [4.78, 5) is 30.0. The fourth-order valence-electron chi connectivity index (χ4n) is 4.12. The SMILES string of the molecule is CCn1c(SCC(=O)N2c3ccccc3Sc3ccccc32)nnc1[C@@H](C)NC(=O)c1ccccc1. The highest BCUT2D eigenvalue weighted by molar-refractivity contribution is 8.00. The summed E-state index contributed by atoms with van der Waals surface area (Å²) in [5.41, 5.74) is 2.37. The number of nitrogens with one attached hydrogen (secondary N) is 1. The van der Waals surface area contributed by atoms with Gasteiger partial charge in [-0.1, -0.05) is 66.0 Å². The maximum atomic E-state index is 13.5. The van der Waals surface area contributed by atoms with Gasteiger partial charge in [0.2, 0.25) is 5.91 Å². The Balaban J connectivity index is 1.32. The number of benzene rings is 3. The zero-order valence-electron chi connectivity index (χ0n) is 19.9. The fourth-order valence-corrected chi connectivity index (χ4v) is 6.04. The smallest absolute Gasteiger partial charge is 0.251 e. The summed E-state index contributed by atoms with van der Waals surface area (Å²) in [6.07, 6.45) is 0. The third kappa shape index (κ3) is 4.76. The van der Waals surface area contributed by atoms with E-state index >= 15 is 0 Å². The van der Waals surface area contributed by atoms with E-state index in [9.17, 15) is 9.59 Å². The Kier molecular flexibility index (Phi) is 7.11. The first-order chi connectivity index (χ1) is 17.6. The number of rotatable bonds is 7. The van der Waals surface area contributed by atoms with Gasteiger partial charge in [0.05, 0.1) is 23.2 Å². The number of anilines is 2. The summed E-state index contributed by atoms with van der Waals surface area (Å²) < 4.78 is 1.95. The van der Waals surface area contributed by atoms with Gasteiger partial charge in [0, 0.05) is 21.9 Å². The molecule has 0 radical (unpaired) electrons. The van der Waals surface area contributed by atoms with Crippen LogP contribution in [0, 0.1) is 0 Å². The van der Waals surface area contributed by atoms with Crippen LogP contribution in [0.2, 0.25) is 0 Å². The Hall–Kier alpha value is -3.56. The van der Waals surface area contributed by atoms with Gasteiger partial charge in [0.15, 0.2) is 11.0 Å². The lowest BCUT2D eigenvalue weighted by Crippen LogP contribution is -2.30. The largest absolute Gasteiger partial charge is 0.342 e. The van der Waals surface area contributed by atoms with Crippen molar-refractivity contribution in [3.05, 3.63) is 90.3 Å². The summed E-state index contributed by atoms with van der Waals surface area (Å²) in [6, 6.07) is 24.6. The maximum absolute atomic E-state index is 13.5. The van der Waals surface area contributed by atoms with E-state index in [0.717, 1.165) is 21.2 Å². The van der Waals surface area contributed by atoms with Gasteiger partial charge in [-0.3, -0.25) is 14.5 Å². The maximum Gasteiger partial charge on any atom is 0.251 e. The molecular formula is C27H25N5O2S2. The molecule has 5 rings (SSSR count). The third-order valence-corrected chi connectivity index (χ3v) is 7.92. The van der Waals surface area contributed by atoms with Crippen LogP contribution in [0.3, 0.4) is 0 Å². The van der Waals surface area contributed by atoms with Gasteiger partial charge in [-0.25, -0.2) is 0 Å². The van der Waals surface area contributed by atoms with Crippen LogP contribution in [0.15, 0.2) is 93.8 Å². The first-order valence-electron chi connectivity index (χ1n) is 11.7. The second kappa shape index (κ2) is 10.6. The van der Waals surface area contributed by atoms with Crippen molar-refractivity contribution in [3.63, 3.8) is 0 Å². The third-order valence-electron chi connectivity index (χ3n) is 5.84. The Labute approximate surface area is 218 Å². The first kappa shape index (κ1) is 24.1. The molecule has 1 aliphatic rings. The quantitative estimate of drug-likeness (QED) is 0.318. The molecule has 182 valence electrons. The van der Waals surface area contributed by atoms with Crippen LogP contribution in [0.4, 0.5) is 11.4 Å². The molecule has 0 aliphatic carbocycles. The predicted molar refractivity (Wildman–Crippen MR) is 143 cm³/mol. The van der Waals surface area contributed by atoms with Crippen molar-refractivity contribution in [3.8, 4) is 0 Å². The van der Waals surface area contributed by atoms with Gasteiger partial charge in [0.1, 0.15) is 0 Å². The minimum absolute atomic E-state index is 0.0298. The van der Waals surface area contributed by atoms with Crippen molar-refractivity contribution in [2.75, 3.05) is 10.7 Å². The lowest BCUT2D eigenvalue weighted by Gasteiger charge is -2.30. The Morgan fingerprint density at radius 3 is 2.17 bits per heavy atom. The molecule has 2 heterocycles.